The van der Waals surface area contributed by atoms with Crippen molar-refractivity contribution >= 4 is 31.9 Å². The maximum atomic E-state index is 5.50. The molecule has 0 bridgehead atoms. The van der Waals surface area contributed by atoms with Crippen molar-refractivity contribution in [1.29, 1.82) is 0 Å². The molecule has 1 aliphatic carbocycles. The van der Waals surface area contributed by atoms with E-state index in [9.17, 15) is 0 Å². The van der Waals surface area contributed by atoms with Crippen LogP contribution in [0.25, 0.3) is 0 Å². The third kappa shape index (κ3) is 3.07. The van der Waals surface area contributed by atoms with Gasteiger partial charge in [-0.25, -0.2) is 0 Å². The molecule has 0 radical (unpaired) electrons. The summed E-state index contributed by atoms with van der Waals surface area (Å²) >= 11 is 7.13. The fourth-order valence-electron chi connectivity index (χ4n) is 2.81. The molecule has 0 heterocycles. The van der Waals surface area contributed by atoms with Crippen LogP contribution < -0.4 is 5.32 Å². The van der Waals surface area contributed by atoms with Crippen molar-refractivity contribution in [1.82, 2.24) is 5.32 Å². The number of nitrogens with one attached hydrogen (secondary N) is 1. The zero-order chi connectivity index (χ0) is 14.2. The second-order valence-electron chi connectivity index (χ2n) is 5.89. The zero-order valence-corrected chi connectivity index (χ0v) is 15.0. The molecule has 0 aliphatic heterocycles. The fourth-order valence-corrected chi connectivity index (χ4v) is 4.20. The molecule has 3 atom stereocenters. The average molecular weight is 391 g/mol. The van der Waals surface area contributed by atoms with Gasteiger partial charge in [-0.3, -0.25) is 0 Å². The van der Waals surface area contributed by atoms with E-state index in [1.165, 1.54) is 5.56 Å². The van der Waals surface area contributed by atoms with Crippen molar-refractivity contribution in [3.63, 3.8) is 0 Å². The zero-order valence-electron chi connectivity index (χ0n) is 11.8. The van der Waals surface area contributed by atoms with Crippen LogP contribution in [0.1, 0.15) is 38.8 Å². The molecule has 1 fully saturated rings. The predicted molar refractivity (Wildman–Crippen MR) is 86.4 cm³/mol. The number of halogens is 2. The fraction of sp³-hybridized carbons (Fsp3) is 0.600. The Hall–Kier alpha value is 0.1000. The minimum atomic E-state index is 0.199. The first-order valence-electron chi connectivity index (χ1n) is 6.60. The molecule has 4 heteroatoms. The van der Waals surface area contributed by atoms with Crippen molar-refractivity contribution in [3.8, 4) is 0 Å². The van der Waals surface area contributed by atoms with Gasteiger partial charge in [-0.05, 0) is 31.0 Å². The molecule has 1 aromatic rings. The van der Waals surface area contributed by atoms with Gasteiger partial charge in [-0.15, -0.1) is 0 Å². The number of hydrogen-bond donors (Lipinski definition) is 1. The van der Waals surface area contributed by atoms with Crippen LogP contribution in [-0.4, -0.2) is 19.3 Å². The van der Waals surface area contributed by atoms with Crippen LogP contribution in [0.15, 0.2) is 27.1 Å². The summed E-state index contributed by atoms with van der Waals surface area (Å²) in [6, 6.07) is 7.16. The van der Waals surface area contributed by atoms with E-state index in [-0.39, 0.29) is 5.41 Å². The van der Waals surface area contributed by atoms with E-state index < -0.39 is 0 Å². The first-order chi connectivity index (χ1) is 8.86. The van der Waals surface area contributed by atoms with Gasteiger partial charge in [0.15, 0.2) is 0 Å². The maximum Gasteiger partial charge on any atom is 0.0652 e. The van der Waals surface area contributed by atoms with Crippen LogP contribution in [0.4, 0.5) is 0 Å². The monoisotopic (exact) mass is 389 g/mol. The molecule has 2 nitrogen and oxygen atoms in total. The molecule has 0 saturated heterocycles. The van der Waals surface area contributed by atoms with Crippen molar-refractivity contribution in [3.05, 3.63) is 32.7 Å². The van der Waals surface area contributed by atoms with E-state index in [4.69, 9.17) is 4.74 Å². The van der Waals surface area contributed by atoms with Gasteiger partial charge in [0.2, 0.25) is 0 Å². The smallest absolute Gasteiger partial charge is 0.0652 e. The van der Waals surface area contributed by atoms with Gasteiger partial charge in [0.25, 0.3) is 0 Å². The van der Waals surface area contributed by atoms with Gasteiger partial charge < -0.3 is 10.1 Å². The second kappa shape index (κ2) is 5.84. The highest BCUT2D eigenvalue weighted by atomic mass is 79.9. The molecule has 1 aliphatic rings. The first kappa shape index (κ1) is 15.5. The lowest BCUT2D eigenvalue weighted by atomic mass is 9.64. The molecule has 19 heavy (non-hydrogen) atoms. The highest BCUT2D eigenvalue weighted by Gasteiger charge is 2.48. The highest BCUT2D eigenvalue weighted by molar-refractivity contribution is 9.11. The van der Waals surface area contributed by atoms with E-state index in [1.807, 2.05) is 0 Å². The number of hydrogen-bond acceptors (Lipinski definition) is 2. The predicted octanol–water partition coefficient (Wildman–Crippen LogP) is 4.68. The largest absolute Gasteiger partial charge is 0.381 e. The van der Waals surface area contributed by atoms with E-state index in [2.05, 4.69) is 76.1 Å². The summed E-state index contributed by atoms with van der Waals surface area (Å²) < 4.78 is 7.74. The maximum absolute atomic E-state index is 5.50. The Bertz CT molecular complexity index is 461. The molecule has 0 spiro atoms. The summed E-state index contributed by atoms with van der Waals surface area (Å²) in [5.41, 5.74) is 1.49. The third-order valence-electron chi connectivity index (χ3n) is 4.34. The van der Waals surface area contributed by atoms with Crippen LogP contribution in [0.5, 0.6) is 0 Å². The molecule has 1 aromatic carbocycles. The summed E-state index contributed by atoms with van der Waals surface area (Å²) in [5, 5.41) is 3.72. The average Bonchev–Trinajstić information content (AvgIpc) is 2.33. The summed E-state index contributed by atoms with van der Waals surface area (Å²) in [6.07, 6.45) is 1.45. The van der Waals surface area contributed by atoms with Crippen molar-refractivity contribution in [2.24, 2.45) is 5.41 Å². The van der Waals surface area contributed by atoms with Gasteiger partial charge in [-0.2, -0.15) is 0 Å². The van der Waals surface area contributed by atoms with Crippen LogP contribution in [0, 0.1) is 5.41 Å². The van der Waals surface area contributed by atoms with Gasteiger partial charge in [0, 0.05) is 33.6 Å². The van der Waals surface area contributed by atoms with Gasteiger partial charge >= 0.3 is 0 Å². The summed E-state index contributed by atoms with van der Waals surface area (Å²) in [4.78, 5) is 0. The van der Waals surface area contributed by atoms with E-state index in [1.54, 1.807) is 7.11 Å². The van der Waals surface area contributed by atoms with E-state index in [0.717, 1.165) is 15.4 Å². The number of ether oxygens (including phenoxy) is 1. The Balaban J connectivity index is 2.04. The third-order valence-corrected chi connectivity index (χ3v) is 5.52. The molecule has 0 amide bonds. The van der Waals surface area contributed by atoms with E-state index >= 15 is 0 Å². The Kier molecular flexibility index (Phi) is 4.76. The van der Waals surface area contributed by atoms with Crippen molar-refractivity contribution < 1.29 is 4.74 Å². The molecule has 0 aromatic heterocycles. The van der Waals surface area contributed by atoms with Crippen LogP contribution in [-0.2, 0) is 4.74 Å². The quantitative estimate of drug-likeness (QED) is 0.805. The summed E-state index contributed by atoms with van der Waals surface area (Å²) in [5.74, 6) is 0. The van der Waals surface area contributed by atoms with Crippen LogP contribution >= 0.6 is 31.9 Å². The van der Waals surface area contributed by atoms with Crippen LogP contribution in [0.2, 0.25) is 0 Å². The van der Waals surface area contributed by atoms with Gasteiger partial charge in [0.1, 0.15) is 0 Å². The summed E-state index contributed by atoms with van der Waals surface area (Å²) in [7, 11) is 1.80. The minimum Gasteiger partial charge on any atom is -0.381 e. The van der Waals surface area contributed by atoms with Crippen LogP contribution in [0.3, 0.4) is 0 Å². The lowest BCUT2D eigenvalue weighted by molar-refractivity contribution is -0.0999. The molecule has 2 rings (SSSR count). The Morgan fingerprint density at radius 3 is 2.58 bits per heavy atom. The number of benzene rings is 1. The Labute approximate surface area is 132 Å². The van der Waals surface area contributed by atoms with Crippen molar-refractivity contribution in [2.75, 3.05) is 7.11 Å². The van der Waals surface area contributed by atoms with Gasteiger partial charge in [-0.1, -0.05) is 51.8 Å². The summed E-state index contributed by atoms with van der Waals surface area (Å²) in [6.45, 7) is 6.75. The molecule has 1 saturated carbocycles. The molecule has 1 N–H and O–H groups in total. The second-order valence-corrected chi connectivity index (χ2v) is 7.66. The first-order valence-corrected chi connectivity index (χ1v) is 8.18. The lowest BCUT2D eigenvalue weighted by Crippen LogP contribution is -2.60. The number of methoxy groups -OCH3 is 1. The molecular weight excluding hydrogens is 370 g/mol. The van der Waals surface area contributed by atoms with E-state index in [0.29, 0.717) is 18.2 Å². The molecular formula is C15H21Br2NO. The molecule has 3 unspecified atom stereocenters. The highest BCUT2D eigenvalue weighted by Crippen LogP contribution is 2.43. The standard InChI is InChI=1S/C15H21Br2NO/c1-9(11-6-5-10(16)7-12(11)17)18-13-8-14(19-4)15(13,2)3/h5-7,9,13-14,18H,8H2,1-4H3. The topological polar surface area (TPSA) is 21.3 Å². The van der Waals surface area contributed by atoms with Crippen molar-refractivity contribution in [2.45, 2.75) is 45.4 Å². The minimum absolute atomic E-state index is 0.199. The lowest BCUT2D eigenvalue weighted by Gasteiger charge is -2.52. The normalized spacial score (nSPS) is 26.8. The van der Waals surface area contributed by atoms with Gasteiger partial charge in [0.05, 0.1) is 6.10 Å². The Morgan fingerprint density at radius 2 is 2.05 bits per heavy atom. The Morgan fingerprint density at radius 1 is 1.37 bits per heavy atom. The molecule has 106 valence electrons. The number of rotatable bonds is 4. The SMILES string of the molecule is COC1CC(NC(C)c2ccc(Br)cc2Br)C1(C)C.